The van der Waals surface area contributed by atoms with Crippen molar-refractivity contribution >= 4 is 5.97 Å². The average molecular weight is 424 g/mol. The molecule has 0 heterocycles. The summed E-state index contributed by atoms with van der Waals surface area (Å²) in [4.78, 5) is 12.0. The van der Waals surface area contributed by atoms with E-state index in [9.17, 15) is 4.79 Å². The van der Waals surface area contributed by atoms with Crippen LogP contribution in [0.4, 0.5) is 4.39 Å². The Kier molecular flexibility index (Phi) is 8.03. The SMILES string of the molecule is C=CCCCCc1cccc(C)c1-c1cc(C2CC2)c(F)c([C@@H](N)CC(=O)OCC)c1. The van der Waals surface area contributed by atoms with Crippen molar-refractivity contribution in [3.63, 3.8) is 0 Å². The van der Waals surface area contributed by atoms with Crippen molar-refractivity contribution in [1.29, 1.82) is 0 Å². The zero-order valence-corrected chi connectivity index (χ0v) is 18.8. The van der Waals surface area contributed by atoms with Crippen LogP contribution in [0.3, 0.4) is 0 Å². The first-order valence-electron chi connectivity index (χ1n) is 11.4. The van der Waals surface area contributed by atoms with Crippen LogP contribution in [0.2, 0.25) is 0 Å². The number of hydrogen-bond donors (Lipinski definition) is 1. The standard InChI is InChI=1S/C27H34FNO2/c1-4-6-7-8-11-20-12-9-10-18(3)26(20)21-15-22(19-13-14-19)27(28)23(16-21)24(29)17-25(30)31-5-2/h4,9-10,12,15-16,19,24H,1,5-8,11,13-14,17,29H2,2-3H3/t24-/m0/s1. The summed E-state index contributed by atoms with van der Waals surface area (Å²) in [7, 11) is 0. The maximum atomic E-state index is 15.4. The lowest BCUT2D eigenvalue weighted by molar-refractivity contribution is -0.143. The van der Waals surface area contributed by atoms with Gasteiger partial charge in [-0.15, -0.1) is 6.58 Å². The first-order chi connectivity index (χ1) is 15.0. The summed E-state index contributed by atoms with van der Waals surface area (Å²) in [5.41, 5.74) is 12.0. The minimum Gasteiger partial charge on any atom is -0.466 e. The molecule has 0 saturated heterocycles. The largest absolute Gasteiger partial charge is 0.466 e. The molecule has 0 aromatic heterocycles. The van der Waals surface area contributed by atoms with Crippen molar-refractivity contribution in [3.8, 4) is 11.1 Å². The second-order valence-corrected chi connectivity index (χ2v) is 8.50. The van der Waals surface area contributed by atoms with Gasteiger partial charge >= 0.3 is 5.97 Å². The number of aryl methyl sites for hydroxylation is 2. The van der Waals surface area contributed by atoms with Crippen LogP contribution in [-0.4, -0.2) is 12.6 Å². The molecule has 1 fully saturated rings. The zero-order valence-electron chi connectivity index (χ0n) is 18.8. The maximum absolute atomic E-state index is 15.4. The lowest BCUT2D eigenvalue weighted by atomic mass is 9.88. The van der Waals surface area contributed by atoms with Gasteiger partial charge in [0.05, 0.1) is 13.0 Å². The van der Waals surface area contributed by atoms with Crippen molar-refractivity contribution in [2.45, 2.75) is 70.8 Å². The Bertz CT molecular complexity index is 933. The number of esters is 1. The second-order valence-electron chi connectivity index (χ2n) is 8.50. The van der Waals surface area contributed by atoms with Crippen LogP contribution in [0.25, 0.3) is 11.1 Å². The van der Waals surface area contributed by atoms with E-state index in [2.05, 4.69) is 31.7 Å². The van der Waals surface area contributed by atoms with E-state index in [4.69, 9.17) is 10.5 Å². The van der Waals surface area contributed by atoms with Crippen LogP contribution in [0.5, 0.6) is 0 Å². The van der Waals surface area contributed by atoms with E-state index in [1.165, 1.54) is 11.1 Å². The molecule has 0 spiro atoms. The summed E-state index contributed by atoms with van der Waals surface area (Å²) in [5, 5.41) is 0. The number of benzene rings is 2. The minimum absolute atomic E-state index is 0.0273. The second kappa shape index (κ2) is 10.7. The van der Waals surface area contributed by atoms with Gasteiger partial charge in [-0.3, -0.25) is 4.79 Å². The van der Waals surface area contributed by atoms with E-state index < -0.39 is 12.0 Å². The number of unbranched alkanes of at least 4 members (excludes halogenated alkanes) is 2. The van der Waals surface area contributed by atoms with Gasteiger partial charge in [-0.2, -0.15) is 0 Å². The van der Waals surface area contributed by atoms with Gasteiger partial charge in [0, 0.05) is 11.6 Å². The molecule has 31 heavy (non-hydrogen) atoms. The summed E-state index contributed by atoms with van der Waals surface area (Å²) in [6.07, 6.45) is 8.07. The third-order valence-electron chi connectivity index (χ3n) is 5.99. The van der Waals surface area contributed by atoms with Crippen molar-refractivity contribution < 1.29 is 13.9 Å². The van der Waals surface area contributed by atoms with Gasteiger partial charge in [0.15, 0.2) is 0 Å². The van der Waals surface area contributed by atoms with E-state index in [1.807, 2.05) is 18.2 Å². The number of rotatable bonds is 11. The Labute approximate surface area is 185 Å². The molecule has 0 radical (unpaired) electrons. The molecule has 1 saturated carbocycles. The van der Waals surface area contributed by atoms with Gasteiger partial charge in [-0.05, 0) is 98.2 Å². The summed E-state index contributed by atoms with van der Waals surface area (Å²) in [6, 6.07) is 9.47. The van der Waals surface area contributed by atoms with E-state index in [-0.39, 0.29) is 18.2 Å². The molecule has 3 nitrogen and oxygen atoms in total. The third kappa shape index (κ3) is 5.82. The van der Waals surface area contributed by atoms with E-state index in [0.717, 1.165) is 55.2 Å². The lowest BCUT2D eigenvalue weighted by Crippen LogP contribution is -2.19. The highest BCUT2D eigenvalue weighted by Crippen LogP contribution is 2.45. The average Bonchev–Trinajstić information content (AvgIpc) is 3.57. The summed E-state index contributed by atoms with van der Waals surface area (Å²) < 4.78 is 20.4. The quantitative estimate of drug-likeness (QED) is 0.254. The first kappa shape index (κ1) is 23.2. The van der Waals surface area contributed by atoms with Crippen LogP contribution in [0, 0.1) is 12.7 Å². The smallest absolute Gasteiger partial charge is 0.307 e. The highest BCUT2D eigenvalue weighted by Gasteiger charge is 2.30. The van der Waals surface area contributed by atoms with Crippen molar-refractivity contribution in [3.05, 3.63) is 71.1 Å². The predicted molar refractivity (Wildman–Crippen MR) is 124 cm³/mol. The zero-order chi connectivity index (χ0) is 22.4. The topological polar surface area (TPSA) is 52.3 Å². The third-order valence-corrected chi connectivity index (χ3v) is 5.99. The van der Waals surface area contributed by atoms with Gasteiger partial charge < -0.3 is 10.5 Å². The fourth-order valence-corrected chi connectivity index (χ4v) is 4.24. The van der Waals surface area contributed by atoms with Gasteiger partial charge in [0.2, 0.25) is 0 Å². The van der Waals surface area contributed by atoms with Crippen molar-refractivity contribution in [2.24, 2.45) is 5.73 Å². The molecule has 0 bridgehead atoms. The molecular formula is C27H34FNO2. The number of carbonyl (C=O) groups excluding carboxylic acids is 1. The molecule has 2 aromatic carbocycles. The lowest BCUT2D eigenvalue weighted by Gasteiger charge is -2.19. The number of nitrogens with two attached hydrogens (primary N) is 1. The highest BCUT2D eigenvalue weighted by molar-refractivity contribution is 5.74. The fourth-order valence-electron chi connectivity index (χ4n) is 4.24. The van der Waals surface area contributed by atoms with E-state index in [0.29, 0.717) is 12.2 Å². The van der Waals surface area contributed by atoms with E-state index >= 15 is 4.39 Å². The van der Waals surface area contributed by atoms with Crippen LogP contribution in [-0.2, 0) is 16.0 Å². The van der Waals surface area contributed by atoms with Gasteiger partial charge in [-0.25, -0.2) is 4.39 Å². The Morgan fingerprint density at radius 1 is 1.32 bits per heavy atom. The van der Waals surface area contributed by atoms with Crippen molar-refractivity contribution in [2.75, 3.05) is 6.61 Å². The van der Waals surface area contributed by atoms with Crippen LogP contribution >= 0.6 is 0 Å². The predicted octanol–water partition coefficient (Wildman–Crippen LogP) is 6.53. The molecule has 1 aliphatic carbocycles. The molecule has 2 aromatic rings. The Hall–Kier alpha value is -2.46. The Balaban J connectivity index is 2.00. The molecule has 0 unspecified atom stereocenters. The Morgan fingerprint density at radius 3 is 2.77 bits per heavy atom. The first-order valence-corrected chi connectivity index (χ1v) is 11.4. The van der Waals surface area contributed by atoms with Crippen LogP contribution in [0.1, 0.15) is 79.7 Å². The summed E-state index contributed by atoms with van der Waals surface area (Å²) >= 11 is 0. The normalized spacial score (nSPS) is 14.3. The van der Waals surface area contributed by atoms with Crippen LogP contribution in [0.15, 0.2) is 43.0 Å². The van der Waals surface area contributed by atoms with Gasteiger partial charge in [0.25, 0.3) is 0 Å². The molecule has 4 heteroatoms. The van der Waals surface area contributed by atoms with E-state index in [1.54, 1.807) is 6.92 Å². The molecule has 1 atom stereocenters. The molecule has 0 amide bonds. The maximum Gasteiger partial charge on any atom is 0.307 e. The monoisotopic (exact) mass is 423 g/mol. The van der Waals surface area contributed by atoms with Crippen LogP contribution < -0.4 is 5.73 Å². The number of allylic oxidation sites excluding steroid dienone is 1. The molecule has 166 valence electrons. The number of carbonyl (C=O) groups is 1. The van der Waals surface area contributed by atoms with Gasteiger partial charge in [0.1, 0.15) is 5.82 Å². The molecule has 0 aliphatic heterocycles. The fraction of sp³-hybridized carbons (Fsp3) is 0.444. The molecule has 3 rings (SSSR count). The Morgan fingerprint density at radius 2 is 2.10 bits per heavy atom. The van der Waals surface area contributed by atoms with Gasteiger partial charge in [-0.1, -0.05) is 24.3 Å². The highest BCUT2D eigenvalue weighted by atomic mass is 19.1. The number of halogens is 1. The molecule has 2 N–H and O–H groups in total. The summed E-state index contributed by atoms with van der Waals surface area (Å²) in [6.45, 7) is 7.95. The molecular weight excluding hydrogens is 389 g/mol. The number of ether oxygens (including phenoxy) is 1. The number of hydrogen-bond acceptors (Lipinski definition) is 3. The molecule has 1 aliphatic rings. The van der Waals surface area contributed by atoms with Crippen molar-refractivity contribution in [1.82, 2.24) is 0 Å². The summed E-state index contributed by atoms with van der Waals surface area (Å²) in [5.74, 6) is -0.413. The minimum atomic E-state index is -0.725.